The van der Waals surface area contributed by atoms with Crippen molar-refractivity contribution in [2.24, 2.45) is 0 Å². The van der Waals surface area contributed by atoms with Gasteiger partial charge in [-0.3, -0.25) is 39.2 Å². The highest BCUT2D eigenvalue weighted by molar-refractivity contribution is 5.98. The number of hydrogen-bond acceptors (Lipinski definition) is 8. The van der Waals surface area contributed by atoms with Crippen LogP contribution in [0, 0.1) is 11.8 Å². The fraction of sp³-hybridized carbons (Fsp3) is 0.179. The number of hydroxylamine groups is 2. The highest BCUT2D eigenvalue weighted by Crippen LogP contribution is 2.19. The zero-order chi connectivity index (χ0) is 38.0. The highest BCUT2D eigenvalue weighted by Gasteiger charge is 2.23. The Morgan fingerprint density at radius 3 is 1.36 bits per heavy atom. The maximum Gasteiger partial charge on any atom is 0.267 e. The second kappa shape index (κ2) is 20.1. The molecule has 0 aliphatic heterocycles. The normalized spacial score (nSPS) is 11.4. The summed E-state index contributed by atoms with van der Waals surface area (Å²) in [5.74, 6) is 1.81. The summed E-state index contributed by atoms with van der Waals surface area (Å²) in [5.41, 5.74) is 6.76. The molecule has 14 nitrogen and oxygen atoms in total. The van der Waals surface area contributed by atoms with Crippen LogP contribution in [0.1, 0.15) is 51.1 Å². The molecule has 4 aromatic carbocycles. The van der Waals surface area contributed by atoms with Crippen LogP contribution in [0.25, 0.3) is 11.1 Å². The number of amides is 6. The molecular weight excluding hydrogens is 680 g/mol. The van der Waals surface area contributed by atoms with E-state index >= 15 is 0 Å². The second-order valence-corrected chi connectivity index (χ2v) is 11.6. The number of carbonyl (C=O) groups excluding carboxylic acids is 6. The van der Waals surface area contributed by atoms with Crippen LogP contribution in [0.5, 0.6) is 0 Å². The van der Waals surface area contributed by atoms with Gasteiger partial charge in [0.2, 0.25) is 11.8 Å². The topological polar surface area (TPSA) is 215 Å². The van der Waals surface area contributed by atoms with Crippen LogP contribution in [-0.2, 0) is 19.2 Å². The maximum atomic E-state index is 12.8. The van der Waals surface area contributed by atoms with Crippen molar-refractivity contribution in [2.45, 2.75) is 31.3 Å². The molecule has 0 aliphatic rings. The molecule has 6 amide bonds. The van der Waals surface area contributed by atoms with Gasteiger partial charge in [-0.15, -0.1) is 0 Å². The summed E-state index contributed by atoms with van der Waals surface area (Å²) in [4.78, 5) is 74.9. The third-order valence-electron chi connectivity index (χ3n) is 7.80. The van der Waals surface area contributed by atoms with E-state index in [0.29, 0.717) is 5.56 Å². The Labute approximate surface area is 305 Å². The molecule has 0 saturated carbocycles. The van der Waals surface area contributed by atoms with Gasteiger partial charge in [0.15, 0.2) is 0 Å². The first kappa shape index (κ1) is 39.0. The van der Waals surface area contributed by atoms with Gasteiger partial charge in [0.1, 0.15) is 12.1 Å². The lowest BCUT2D eigenvalue weighted by molar-refractivity contribution is -0.132. The standard InChI is InChI=1S/C39H38N6O8/c46-34(40-24-32(38(50)44-52)42-36(48)30-18-16-27(17-19-30)15-14-26-8-3-1-4-9-26)12-7-13-35(47)41-25-33(39(51)45-53)43-37(49)31-22-20-29(21-23-31)28-10-5-2-6-11-28/h1-6,8-11,16-23,32-33,52-53H,7,12-13,24-25H2,(H,40,46)(H,41,47)(H,42,48)(H,43,49)(H,44,50)(H,45,51)/t32?,33-/m0/s1. The molecular formula is C39H38N6O8. The Kier molecular flexibility index (Phi) is 14.8. The third kappa shape index (κ3) is 12.5. The van der Waals surface area contributed by atoms with Gasteiger partial charge < -0.3 is 21.3 Å². The highest BCUT2D eigenvalue weighted by atomic mass is 16.5. The van der Waals surface area contributed by atoms with Crippen molar-refractivity contribution in [3.8, 4) is 23.0 Å². The van der Waals surface area contributed by atoms with E-state index in [1.165, 1.54) is 23.1 Å². The molecule has 272 valence electrons. The zero-order valence-corrected chi connectivity index (χ0v) is 28.4. The summed E-state index contributed by atoms with van der Waals surface area (Å²) in [6.45, 7) is -0.691. The van der Waals surface area contributed by atoms with Gasteiger partial charge in [-0.2, -0.15) is 0 Å². The summed E-state index contributed by atoms with van der Waals surface area (Å²) in [6.07, 6.45) is -0.174. The van der Waals surface area contributed by atoms with Gasteiger partial charge in [0.05, 0.1) is 0 Å². The molecule has 0 heterocycles. The summed E-state index contributed by atoms with van der Waals surface area (Å²) in [6, 6.07) is 29.3. The quantitative estimate of drug-likeness (QED) is 0.0516. The summed E-state index contributed by atoms with van der Waals surface area (Å²) >= 11 is 0. The van der Waals surface area contributed by atoms with Crippen molar-refractivity contribution >= 4 is 35.4 Å². The minimum atomic E-state index is -1.32. The molecule has 0 radical (unpaired) electrons. The Bertz CT molecular complexity index is 1940. The predicted octanol–water partition coefficient (Wildman–Crippen LogP) is 2.06. The number of rotatable bonds is 15. The third-order valence-corrected chi connectivity index (χ3v) is 7.80. The van der Waals surface area contributed by atoms with Crippen molar-refractivity contribution in [3.05, 3.63) is 131 Å². The van der Waals surface area contributed by atoms with Crippen molar-refractivity contribution in [2.75, 3.05) is 13.1 Å². The predicted molar refractivity (Wildman–Crippen MR) is 193 cm³/mol. The van der Waals surface area contributed by atoms with Crippen molar-refractivity contribution in [3.63, 3.8) is 0 Å². The van der Waals surface area contributed by atoms with E-state index in [2.05, 4.69) is 33.1 Å². The Hall–Kier alpha value is -6.82. The molecule has 0 spiro atoms. The molecule has 53 heavy (non-hydrogen) atoms. The minimum absolute atomic E-state index is 0.0807. The van der Waals surface area contributed by atoms with E-state index in [0.717, 1.165) is 16.7 Å². The lowest BCUT2D eigenvalue weighted by Gasteiger charge is -2.18. The molecule has 0 aliphatic carbocycles. The first-order valence-electron chi connectivity index (χ1n) is 16.5. The first-order chi connectivity index (χ1) is 25.7. The smallest absolute Gasteiger partial charge is 0.267 e. The van der Waals surface area contributed by atoms with Crippen molar-refractivity contribution in [1.82, 2.24) is 32.2 Å². The first-order valence-corrected chi connectivity index (χ1v) is 16.5. The van der Waals surface area contributed by atoms with Gasteiger partial charge in [-0.05, 0) is 66.1 Å². The maximum absolute atomic E-state index is 12.8. The van der Waals surface area contributed by atoms with Gasteiger partial charge in [0.25, 0.3) is 23.6 Å². The Morgan fingerprint density at radius 2 is 0.906 bits per heavy atom. The monoisotopic (exact) mass is 718 g/mol. The van der Waals surface area contributed by atoms with Crippen molar-refractivity contribution < 1.29 is 39.2 Å². The van der Waals surface area contributed by atoms with Gasteiger partial charge >= 0.3 is 0 Å². The number of nitrogens with one attached hydrogen (secondary N) is 6. The van der Waals surface area contributed by atoms with E-state index in [-0.39, 0.29) is 43.5 Å². The van der Waals surface area contributed by atoms with E-state index < -0.39 is 47.5 Å². The van der Waals surface area contributed by atoms with Crippen molar-refractivity contribution in [1.29, 1.82) is 0 Å². The zero-order valence-electron chi connectivity index (χ0n) is 28.4. The SMILES string of the molecule is O=C(CCCC(=O)NC[C@H](NC(=O)c1ccc(-c2ccccc2)cc1)C(=O)NO)NCC(NC(=O)c1ccc(C#Cc2ccccc2)cc1)C(=O)NO. The van der Waals surface area contributed by atoms with Crippen LogP contribution < -0.4 is 32.2 Å². The van der Waals surface area contributed by atoms with Crippen LogP contribution in [-0.4, -0.2) is 71.0 Å². The molecule has 4 aromatic rings. The molecule has 0 saturated heterocycles. The number of benzene rings is 4. The van der Waals surface area contributed by atoms with Crippen LogP contribution in [0.3, 0.4) is 0 Å². The molecule has 0 fully saturated rings. The lowest BCUT2D eigenvalue weighted by Crippen LogP contribution is -2.52. The summed E-state index contributed by atoms with van der Waals surface area (Å²) < 4.78 is 0. The number of carbonyl (C=O) groups is 6. The van der Waals surface area contributed by atoms with Gasteiger partial charge in [-0.1, -0.05) is 72.5 Å². The average Bonchev–Trinajstić information content (AvgIpc) is 3.20. The molecule has 2 atom stereocenters. The molecule has 8 N–H and O–H groups in total. The minimum Gasteiger partial charge on any atom is -0.353 e. The molecule has 4 rings (SSSR count). The van der Waals surface area contributed by atoms with Gasteiger partial charge in [0, 0.05) is 48.2 Å². The van der Waals surface area contributed by atoms with Crippen LogP contribution in [0.15, 0.2) is 109 Å². The Morgan fingerprint density at radius 1 is 0.509 bits per heavy atom. The molecule has 0 bridgehead atoms. The van der Waals surface area contributed by atoms with Crippen LogP contribution in [0.4, 0.5) is 0 Å². The molecule has 14 heteroatoms. The second-order valence-electron chi connectivity index (χ2n) is 11.6. The van der Waals surface area contributed by atoms with Crippen LogP contribution in [0.2, 0.25) is 0 Å². The van der Waals surface area contributed by atoms with E-state index in [4.69, 9.17) is 10.4 Å². The summed E-state index contributed by atoms with van der Waals surface area (Å²) in [7, 11) is 0. The van der Waals surface area contributed by atoms with E-state index in [1.807, 2.05) is 60.7 Å². The Balaban J connectivity index is 1.19. The molecule has 1 unspecified atom stereocenters. The van der Waals surface area contributed by atoms with Gasteiger partial charge in [-0.25, -0.2) is 11.0 Å². The molecule has 0 aromatic heterocycles. The fourth-order valence-electron chi connectivity index (χ4n) is 4.89. The van der Waals surface area contributed by atoms with E-state index in [9.17, 15) is 28.8 Å². The summed E-state index contributed by atoms with van der Waals surface area (Å²) in [5, 5.41) is 28.2. The number of hydrogen-bond donors (Lipinski definition) is 8. The lowest BCUT2D eigenvalue weighted by atomic mass is 10.0. The average molecular weight is 719 g/mol. The fourth-order valence-corrected chi connectivity index (χ4v) is 4.89. The van der Waals surface area contributed by atoms with E-state index in [1.54, 1.807) is 36.4 Å². The largest absolute Gasteiger partial charge is 0.353 e. The van der Waals surface area contributed by atoms with Crippen LogP contribution >= 0.6 is 0 Å².